The predicted octanol–water partition coefficient (Wildman–Crippen LogP) is 13.9. The minimum Gasteiger partial charge on any atom is -0.455 e. The molecule has 0 aliphatic rings. The molecule has 2 aromatic heterocycles. The number of nitrogens with zero attached hydrogens (tertiary/aromatic N) is 1. The molecule has 0 amide bonds. The van der Waals surface area contributed by atoms with E-state index in [0.717, 1.165) is 50.1 Å². The Hall–Kier alpha value is -6.16. The van der Waals surface area contributed by atoms with Crippen LogP contribution < -0.4 is 4.90 Å². The second-order valence-electron chi connectivity index (χ2n) is 12.6. The molecular weight excluding hydrogens is 615 g/mol. The molecule has 49 heavy (non-hydrogen) atoms. The maximum absolute atomic E-state index is 6.35. The molecule has 3 heteroatoms. The van der Waals surface area contributed by atoms with Crippen molar-refractivity contribution in [2.24, 2.45) is 0 Å². The number of fused-ring (bicyclic) bond motifs is 7. The lowest BCUT2D eigenvalue weighted by molar-refractivity contribution is 0.670. The maximum Gasteiger partial charge on any atom is 0.143 e. The van der Waals surface area contributed by atoms with Gasteiger partial charge in [0.1, 0.15) is 11.2 Å². The highest BCUT2D eigenvalue weighted by atomic mass is 32.1. The molecule has 0 radical (unpaired) electrons. The Morgan fingerprint density at radius 2 is 1.04 bits per heavy atom. The van der Waals surface area contributed by atoms with Gasteiger partial charge in [-0.15, -0.1) is 11.3 Å². The van der Waals surface area contributed by atoms with Gasteiger partial charge in [-0.3, -0.25) is 0 Å². The van der Waals surface area contributed by atoms with E-state index in [4.69, 9.17) is 4.42 Å². The van der Waals surface area contributed by atoms with Gasteiger partial charge in [0.2, 0.25) is 0 Å². The van der Waals surface area contributed by atoms with Crippen LogP contribution in [-0.2, 0) is 0 Å². The molecule has 230 valence electrons. The standard InChI is InChI=1S/C46H29NOS/c1-2-9-35(10-3-1)47(37-25-21-31(22-26-37)38-13-8-14-41-39-11-4-6-15-43(39)48-46(38)41)36-23-19-30(20-24-36)32-17-18-33-28-42-40-12-5-7-16-44(40)49-45(42)29-34(33)27-32/h1-29H. The summed E-state index contributed by atoms with van der Waals surface area (Å²) in [5.74, 6) is 0. The largest absolute Gasteiger partial charge is 0.455 e. The van der Waals surface area contributed by atoms with Gasteiger partial charge < -0.3 is 9.32 Å². The number of anilines is 3. The van der Waals surface area contributed by atoms with Crippen LogP contribution in [0, 0.1) is 0 Å². The molecule has 0 aliphatic heterocycles. The molecule has 0 unspecified atom stereocenters. The van der Waals surface area contributed by atoms with E-state index in [1.165, 1.54) is 42.1 Å². The number of hydrogen-bond donors (Lipinski definition) is 0. The Morgan fingerprint density at radius 1 is 0.388 bits per heavy atom. The third kappa shape index (κ3) is 4.70. The second kappa shape index (κ2) is 11.2. The van der Waals surface area contributed by atoms with Gasteiger partial charge in [0.25, 0.3) is 0 Å². The molecule has 0 aliphatic carbocycles. The van der Waals surface area contributed by atoms with Crippen molar-refractivity contribution in [2.45, 2.75) is 0 Å². The molecule has 8 aromatic carbocycles. The van der Waals surface area contributed by atoms with Gasteiger partial charge in [0, 0.05) is 53.6 Å². The Labute approximate surface area is 287 Å². The summed E-state index contributed by atoms with van der Waals surface area (Å²) in [7, 11) is 0. The lowest BCUT2D eigenvalue weighted by Gasteiger charge is -2.26. The Kier molecular flexibility index (Phi) is 6.39. The Balaban J connectivity index is 1.00. The average molecular weight is 644 g/mol. The van der Waals surface area contributed by atoms with Crippen LogP contribution in [0.4, 0.5) is 17.1 Å². The van der Waals surface area contributed by atoms with Crippen molar-refractivity contribution < 1.29 is 4.42 Å². The van der Waals surface area contributed by atoms with Crippen LogP contribution in [0.15, 0.2) is 180 Å². The monoisotopic (exact) mass is 643 g/mol. The zero-order valence-electron chi connectivity index (χ0n) is 26.5. The molecule has 0 N–H and O–H groups in total. The van der Waals surface area contributed by atoms with Crippen molar-refractivity contribution >= 4 is 81.3 Å². The third-order valence-electron chi connectivity index (χ3n) is 9.65. The SMILES string of the molecule is c1ccc(N(c2ccc(-c3ccc4cc5c(cc4c3)sc3ccccc35)cc2)c2ccc(-c3cccc4c3oc3ccccc34)cc2)cc1. The first-order valence-electron chi connectivity index (χ1n) is 16.6. The molecule has 0 fully saturated rings. The number of para-hydroxylation sites is 3. The van der Waals surface area contributed by atoms with Crippen LogP contribution in [0.1, 0.15) is 0 Å². The second-order valence-corrected chi connectivity index (χ2v) is 13.6. The third-order valence-corrected chi connectivity index (χ3v) is 10.8. The van der Waals surface area contributed by atoms with E-state index in [9.17, 15) is 0 Å². The van der Waals surface area contributed by atoms with Crippen LogP contribution in [0.5, 0.6) is 0 Å². The normalized spacial score (nSPS) is 11.7. The molecule has 2 heterocycles. The summed E-state index contributed by atoms with van der Waals surface area (Å²) in [5.41, 5.74) is 9.79. The van der Waals surface area contributed by atoms with E-state index < -0.39 is 0 Å². The van der Waals surface area contributed by atoms with Gasteiger partial charge >= 0.3 is 0 Å². The lowest BCUT2D eigenvalue weighted by atomic mass is 9.99. The average Bonchev–Trinajstić information content (AvgIpc) is 3.73. The fraction of sp³-hybridized carbons (Fsp3) is 0. The van der Waals surface area contributed by atoms with E-state index in [0.29, 0.717) is 0 Å². The molecule has 2 nitrogen and oxygen atoms in total. The van der Waals surface area contributed by atoms with Crippen molar-refractivity contribution in [1.29, 1.82) is 0 Å². The zero-order valence-corrected chi connectivity index (χ0v) is 27.3. The molecule has 0 saturated carbocycles. The van der Waals surface area contributed by atoms with E-state index >= 15 is 0 Å². The Morgan fingerprint density at radius 3 is 1.86 bits per heavy atom. The molecule has 0 bridgehead atoms. The summed E-state index contributed by atoms with van der Waals surface area (Å²) in [6.45, 7) is 0. The van der Waals surface area contributed by atoms with Crippen LogP contribution in [0.2, 0.25) is 0 Å². The van der Waals surface area contributed by atoms with Gasteiger partial charge in [0.15, 0.2) is 0 Å². The fourth-order valence-electron chi connectivity index (χ4n) is 7.24. The lowest BCUT2D eigenvalue weighted by Crippen LogP contribution is -2.09. The van der Waals surface area contributed by atoms with Gasteiger partial charge in [-0.05, 0) is 94.2 Å². The van der Waals surface area contributed by atoms with Crippen LogP contribution >= 0.6 is 11.3 Å². The van der Waals surface area contributed by atoms with Crippen molar-refractivity contribution in [1.82, 2.24) is 0 Å². The van der Waals surface area contributed by atoms with Crippen molar-refractivity contribution in [3.05, 3.63) is 176 Å². The quantitative estimate of drug-likeness (QED) is 0.186. The molecular formula is C46H29NOS. The first-order chi connectivity index (χ1) is 24.3. The minimum absolute atomic E-state index is 0.914. The van der Waals surface area contributed by atoms with Crippen molar-refractivity contribution in [3.8, 4) is 22.3 Å². The maximum atomic E-state index is 6.35. The number of benzene rings is 8. The highest BCUT2D eigenvalue weighted by molar-refractivity contribution is 7.25. The summed E-state index contributed by atoms with van der Waals surface area (Å²) < 4.78 is 9.02. The summed E-state index contributed by atoms with van der Waals surface area (Å²) in [5, 5.41) is 7.50. The number of hydrogen-bond acceptors (Lipinski definition) is 3. The molecule has 0 spiro atoms. The van der Waals surface area contributed by atoms with Crippen LogP contribution in [0.3, 0.4) is 0 Å². The summed E-state index contributed by atoms with van der Waals surface area (Å²) in [6.07, 6.45) is 0. The summed E-state index contributed by atoms with van der Waals surface area (Å²) in [6, 6.07) is 63.2. The van der Waals surface area contributed by atoms with Crippen LogP contribution in [0.25, 0.3) is 75.1 Å². The smallest absolute Gasteiger partial charge is 0.143 e. The zero-order chi connectivity index (χ0) is 32.3. The van der Waals surface area contributed by atoms with E-state index in [1.54, 1.807) is 0 Å². The first kappa shape index (κ1) is 27.9. The minimum atomic E-state index is 0.914. The molecule has 10 rings (SSSR count). The summed E-state index contributed by atoms with van der Waals surface area (Å²) >= 11 is 1.87. The summed E-state index contributed by atoms with van der Waals surface area (Å²) in [4.78, 5) is 2.31. The molecule has 0 atom stereocenters. The predicted molar refractivity (Wildman–Crippen MR) is 210 cm³/mol. The molecule has 10 aromatic rings. The highest BCUT2D eigenvalue weighted by Crippen LogP contribution is 2.40. The van der Waals surface area contributed by atoms with E-state index in [2.05, 4.69) is 169 Å². The van der Waals surface area contributed by atoms with E-state index in [1.807, 2.05) is 23.5 Å². The topological polar surface area (TPSA) is 16.4 Å². The number of rotatable bonds is 5. The number of furan rings is 1. The van der Waals surface area contributed by atoms with Crippen LogP contribution in [-0.4, -0.2) is 0 Å². The van der Waals surface area contributed by atoms with E-state index in [-0.39, 0.29) is 0 Å². The van der Waals surface area contributed by atoms with Gasteiger partial charge in [-0.2, -0.15) is 0 Å². The molecule has 0 saturated heterocycles. The van der Waals surface area contributed by atoms with Gasteiger partial charge in [0.05, 0.1) is 0 Å². The fourth-order valence-corrected chi connectivity index (χ4v) is 8.38. The first-order valence-corrected chi connectivity index (χ1v) is 17.4. The van der Waals surface area contributed by atoms with Crippen molar-refractivity contribution in [3.63, 3.8) is 0 Å². The number of thiophene rings is 1. The van der Waals surface area contributed by atoms with Gasteiger partial charge in [-0.1, -0.05) is 109 Å². The van der Waals surface area contributed by atoms with Gasteiger partial charge in [-0.25, -0.2) is 0 Å². The van der Waals surface area contributed by atoms with Crippen molar-refractivity contribution in [2.75, 3.05) is 4.90 Å². The highest BCUT2D eigenvalue weighted by Gasteiger charge is 2.16. The Bertz CT molecular complexity index is 2810.